The molecule has 2 aromatic heterocycles. The lowest BCUT2D eigenvalue weighted by atomic mass is 10.1. The van der Waals surface area contributed by atoms with E-state index in [0.29, 0.717) is 0 Å². The second-order valence-electron chi connectivity index (χ2n) is 4.91. The lowest BCUT2D eigenvalue weighted by Gasteiger charge is -2.06. The van der Waals surface area contributed by atoms with Crippen LogP contribution in [0.3, 0.4) is 0 Å². The van der Waals surface area contributed by atoms with Gasteiger partial charge in [-0.1, -0.05) is 20.3 Å². The summed E-state index contributed by atoms with van der Waals surface area (Å²) in [5.74, 6) is 1.74. The van der Waals surface area contributed by atoms with Crippen LogP contribution < -0.4 is 5.73 Å². The number of nitrogens with two attached hydrogens (primary N) is 1. The maximum Gasteiger partial charge on any atom is 0.131 e. The Kier molecular flexibility index (Phi) is 3.93. The highest BCUT2D eigenvalue weighted by Crippen LogP contribution is 2.29. The largest absolute Gasteiger partial charge is 0.383 e. The summed E-state index contributed by atoms with van der Waals surface area (Å²) in [7, 11) is 1.93. The molecule has 2 rings (SSSR count). The number of aryl methyl sites for hydroxylation is 3. The molecule has 0 aliphatic heterocycles. The number of unbranched alkanes of at least 4 members (excludes halogenated alkanes) is 1. The van der Waals surface area contributed by atoms with Gasteiger partial charge in [0.15, 0.2) is 0 Å². The van der Waals surface area contributed by atoms with Crippen LogP contribution in [0.4, 0.5) is 5.82 Å². The minimum Gasteiger partial charge on any atom is -0.383 e. The van der Waals surface area contributed by atoms with Gasteiger partial charge in [-0.25, -0.2) is 4.98 Å². The molecule has 5 nitrogen and oxygen atoms in total. The Morgan fingerprint density at radius 1 is 1.32 bits per heavy atom. The van der Waals surface area contributed by atoms with Crippen LogP contribution in [0.1, 0.15) is 38.2 Å². The number of nitrogens with zero attached hydrogens (tertiary/aromatic N) is 4. The number of nitrogen functional groups attached to an aromatic ring is 1. The molecule has 0 radical (unpaired) electrons. The molecule has 104 valence electrons. The maximum absolute atomic E-state index is 6.27. The van der Waals surface area contributed by atoms with Gasteiger partial charge in [0, 0.05) is 25.4 Å². The first-order valence-corrected chi connectivity index (χ1v) is 6.93. The summed E-state index contributed by atoms with van der Waals surface area (Å²) in [6, 6.07) is 0. The Hall–Kier alpha value is -1.78. The Balaban J connectivity index is 2.45. The molecule has 0 amide bonds. The van der Waals surface area contributed by atoms with E-state index in [4.69, 9.17) is 5.73 Å². The van der Waals surface area contributed by atoms with Crippen molar-refractivity contribution in [3.8, 4) is 11.3 Å². The van der Waals surface area contributed by atoms with Gasteiger partial charge in [-0.3, -0.25) is 4.68 Å². The molecule has 0 aliphatic carbocycles. The topological polar surface area (TPSA) is 61.7 Å². The van der Waals surface area contributed by atoms with E-state index in [1.54, 1.807) is 0 Å². The van der Waals surface area contributed by atoms with E-state index in [9.17, 15) is 0 Å². The van der Waals surface area contributed by atoms with Crippen molar-refractivity contribution in [3.05, 3.63) is 17.7 Å². The fourth-order valence-electron chi connectivity index (χ4n) is 2.37. The van der Waals surface area contributed by atoms with E-state index < -0.39 is 0 Å². The van der Waals surface area contributed by atoms with Crippen molar-refractivity contribution in [3.63, 3.8) is 0 Å². The molecular formula is C14H23N5. The van der Waals surface area contributed by atoms with Crippen molar-refractivity contribution >= 4 is 5.82 Å². The van der Waals surface area contributed by atoms with E-state index in [1.165, 1.54) is 0 Å². The molecule has 19 heavy (non-hydrogen) atoms. The highest BCUT2D eigenvalue weighted by atomic mass is 15.3. The average molecular weight is 261 g/mol. The maximum atomic E-state index is 6.27. The number of hydrogen-bond acceptors (Lipinski definition) is 3. The molecule has 0 saturated heterocycles. The first-order valence-electron chi connectivity index (χ1n) is 6.93. The van der Waals surface area contributed by atoms with Gasteiger partial charge in [-0.2, -0.15) is 5.10 Å². The SMILES string of the molecule is CCCCn1c(C)nc(-c2cn(C)nc2CC)c1N. The molecule has 0 spiro atoms. The first-order chi connectivity index (χ1) is 9.08. The minimum atomic E-state index is 0.758. The monoisotopic (exact) mass is 261 g/mol. The molecule has 0 unspecified atom stereocenters. The quantitative estimate of drug-likeness (QED) is 0.899. The third-order valence-electron chi connectivity index (χ3n) is 3.43. The van der Waals surface area contributed by atoms with Crippen molar-refractivity contribution in [1.29, 1.82) is 0 Å². The fraction of sp³-hybridized carbons (Fsp3) is 0.571. The molecule has 2 heterocycles. The molecule has 0 aliphatic rings. The van der Waals surface area contributed by atoms with Crippen molar-refractivity contribution in [1.82, 2.24) is 19.3 Å². The lowest BCUT2D eigenvalue weighted by molar-refractivity contribution is 0.622. The molecule has 2 N–H and O–H groups in total. The number of aromatic nitrogens is 4. The molecule has 5 heteroatoms. The number of imidazole rings is 1. The highest BCUT2D eigenvalue weighted by molar-refractivity contribution is 5.72. The zero-order chi connectivity index (χ0) is 14.0. The van der Waals surface area contributed by atoms with Crippen LogP contribution in [0.15, 0.2) is 6.20 Å². The Labute approximate surface area is 114 Å². The minimum absolute atomic E-state index is 0.758. The third kappa shape index (κ3) is 2.50. The van der Waals surface area contributed by atoms with Crippen LogP contribution >= 0.6 is 0 Å². The van der Waals surface area contributed by atoms with E-state index in [1.807, 2.05) is 24.9 Å². The van der Waals surface area contributed by atoms with E-state index in [-0.39, 0.29) is 0 Å². The van der Waals surface area contributed by atoms with Gasteiger partial charge in [0.25, 0.3) is 0 Å². The van der Waals surface area contributed by atoms with Crippen LogP contribution in [0.5, 0.6) is 0 Å². The molecule has 2 aromatic rings. The summed E-state index contributed by atoms with van der Waals surface area (Å²) in [5, 5.41) is 4.46. The zero-order valence-corrected chi connectivity index (χ0v) is 12.3. The summed E-state index contributed by atoms with van der Waals surface area (Å²) in [6.45, 7) is 7.23. The van der Waals surface area contributed by atoms with Crippen molar-refractivity contribution < 1.29 is 0 Å². The van der Waals surface area contributed by atoms with E-state index in [0.717, 1.165) is 54.4 Å². The molecule has 0 aromatic carbocycles. The summed E-state index contributed by atoms with van der Waals surface area (Å²) in [6.07, 6.45) is 5.16. The van der Waals surface area contributed by atoms with Crippen LogP contribution in [-0.4, -0.2) is 19.3 Å². The second kappa shape index (κ2) is 5.47. The van der Waals surface area contributed by atoms with Crippen molar-refractivity contribution in [2.75, 3.05) is 5.73 Å². The molecule has 0 fully saturated rings. The zero-order valence-electron chi connectivity index (χ0n) is 12.3. The van der Waals surface area contributed by atoms with Gasteiger partial charge >= 0.3 is 0 Å². The van der Waals surface area contributed by atoms with Gasteiger partial charge < -0.3 is 10.3 Å². The highest BCUT2D eigenvalue weighted by Gasteiger charge is 2.17. The fourth-order valence-corrected chi connectivity index (χ4v) is 2.37. The Morgan fingerprint density at radius 3 is 2.68 bits per heavy atom. The van der Waals surface area contributed by atoms with E-state index >= 15 is 0 Å². The second-order valence-corrected chi connectivity index (χ2v) is 4.91. The van der Waals surface area contributed by atoms with Crippen LogP contribution in [-0.2, 0) is 20.0 Å². The number of anilines is 1. The number of hydrogen-bond donors (Lipinski definition) is 1. The predicted octanol–water partition coefficient (Wildman–Crippen LogP) is 2.54. The summed E-state index contributed by atoms with van der Waals surface area (Å²) >= 11 is 0. The van der Waals surface area contributed by atoms with Gasteiger partial charge in [0.05, 0.1) is 5.69 Å². The molecular weight excluding hydrogens is 238 g/mol. The van der Waals surface area contributed by atoms with Crippen molar-refractivity contribution in [2.45, 2.75) is 46.6 Å². The normalized spacial score (nSPS) is 11.2. The van der Waals surface area contributed by atoms with Gasteiger partial charge in [-0.15, -0.1) is 0 Å². The summed E-state index contributed by atoms with van der Waals surface area (Å²) in [4.78, 5) is 4.64. The van der Waals surface area contributed by atoms with Gasteiger partial charge in [-0.05, 0) is 19.8 Å². The van der Waals surface area contributed by atoms with Gasteiger partial charge in [0.1, 0.15) is 17.3 Å². The smallest absolute Gasteiger partial charge is 0.131 e. The van der Waals surface area contributed by atoms with Crippen LogP contribution in [0.25, 0.3) is 11.3 Å². The molecule has 0 saturated carbocycles. The molecule has 0 atom stereocenters. The summed E-state index contributed by atoms with van der Waals surface area (Å²) in [5.41, 5.74) is 9.25. The Morgan fingerprint density at radius 2 is 2.05 bits per heavy atom. The van der Waals surface area contributed by atoms with E-state index in [2.05, 4.69) is 28.5 Å². The average Bonchev–Trinajstić information content (AvgIpc) is 2.88. The van der Waals surface area contributed by atoms with Gasteiger partial charge in [0.2, 0.25) is 0 Å². The van der Waals surface area contributed by atoms with Crippen molar-refractivity contribution in [2.24, 2.45) is 7.05 Å². The first kappa shape index (κ1) is 13.6. The lowest BCUT2D eigenvalue weighted by Crippen LogP contribution is -2.05. The Bertz CT molecular complexity index is 565. The van der Waals surface area contributed by atoms with Crippen LogP contribution in [0, 0.1) is 6.92 Å². The third-order valence-corrected chi connectivity index (χ3v) is 3.43. The molecule has 0 bridgehead atoms. The standard InChI is InChI=1S/C14H23N5/c1-5-7-8-19-10(3)16-13(14(19)15)11-9-18(4)17-12(11)6-2/h9H,5-8,15H2,1-4H3. The van der Waals surface area contributed by atoms with Crippen LogP contribution in [0.2, 0.25) is 0 Å². The predicted molar refractivity (Wildman–Crippen MR) is 77.9 cm³/mol. The summed E-state index contributed by atoms with van der Waals surface area (Å²) < 4.78 is 3.93. The number of rotatable bonds is 5.